The van der Waals surface area contributed by atoms with E-state index in [1.165, 1.54) is 0 Å². The Bertz CT molecular complexity index is 305. The molecule has 0 saturated heterocycles. The standard InChI is InChI=1S/C9H9ClOS2/c10-5-4-6(11)9-7(12)2-1-3-8(9)13/h1-3,12-13H,4-5H2. The Labute approximate surface area is 93.3 Å². The largest absolute Gasteiger partial charge is 0.294 e. The van der Waals surface area contributed by atoms with Gasteiger partial charge >= 0.3 is 0 Å². The second-order valence-corrected chi connectivity index (χ2v) is 3.87. The lowest BCUT2D eigenvalue weighted by Gasteiger charge is -2.05. The van der Waals surface area contributed by atoms with E-state index in [4.69, 9.17) is 11.6 Å². The molecular weight excluding hydrogens is 224 g/mol. The van der Waals surface area contributed by atoms with Gasteiger partial charge in [0.1, 0.15) is 0 Å². The van der Waals surface area contributed by atoms with Crippen molar-refractivity contribution >= 4 is 42.6 Å². The summed E-state index contributed by atoms with van der Waals surface area (Å²) in [6, 6.07) is 5.34. The highest BCUT2D eigenvalue weighted by molar-refractivity contribution is 7.81. The smallest absolute Gasteiger partial charge is 0.166 e. The Morgan fingerprint density at radius 3 is 2.31 bits per heavy atom. The molecule has 4 heteroatoms. The lowest BCUT2D eigenvalue weighted by molar-refractivity contribution is 0.0983. The number of carbonyl (C=O) groups excluding carboxylic acids is 1. The summed E-state index contributed by atoms with van der Waals surface area (Å²) in [5.41, 5.74) is 0.565. The van der Waals surface area contributed by atoms with Crippen LogP contribution in [0, 0.1) is 0 Å². The minimum atomic E-state index is -0.00870. The fraction of sp³-hybridized carbons (Fsp3) is 0.222. The summed E-state index contributed by atoms with van der Waals surface area (Å²) in [6.07, 6.45) is 0.326. The number of Topliss-reactive ketones (excluding diaryl/α,β-unsaturated/α-hetero) is 1. The van der Waals surface area contributed by atoms with Crippen molar-refractivity contribution in [1.82, 2.24) is 0 Å². The van der Waals surface area contributed by atoms with Crippen LogP contribution in [0.5, 0.6) is 0 Å². The highest BCUT2D eigenvalue weighted by Gasteiger charge is 2.11. The van der Waals surface area contributed by atoms with Crippen LogP contribution in [0.25, 0.3) is 0 Å². The van der Waals surface area contributed by atoms with E-state index in [1.807, 2.05) is 6.07 Å². The summed E-state index contributed by atoms with van der Waals surface area (Å²) in [7, 11) is 0. The number of carbonyl (C=O) groups is 1. The van der Waals surface area contributed by atoms with E-state index in [-0.39, 0.29) is 5.78 Å². The zero-order chi connectivity index (χ0) is 9.84. The zero-order valence-corrected chi connectivity index (χ0v) is 9.37. The molecule has 0 bridgehead atoms. The number of hydrogen-bond acceptors (Lipinski definition) is 3. The summed E-state index contributed by atoms with van der Waals surface area (Å²) in [6.45, 7) is 0. The maximum atomic E-state index is 11.5. The quantitative estimate of drug-likeness (QED) is 0.465. The fourth-order valence-corrected chi connectivity index (χ4v) is 1.95. The van der Waals surface area contributed by atoms with Crippen molar-refractivity contribution in [2.24, 2.45) is 0 Å². The van der Waals surface area contributed by atoms with E-state index in [0.29, 0.717) is 27.7 Å². The number of hydrogen-bond donors (Lipinski definition) is 2. The molecule has 0 atom stereocenters. The average molecular weight is 233 g/mol. The van der Waals surface area contributed by atoms with Gasteiger partial charge in [0.05, 0.1) is 0 Å². The Kier molecular flexibility index (Phi) is 4.16. The van der Waals surface area contributed by atoms with Crippen molar-refractivity contribution in [2.45, 2.75) is 16.2 Å². The molecule has 0 radical (unpaired) electrons. The van der Waals surface area contributed by atoms with E-state index in [1.54, 1.807) is 12.1 Å². The Morgan fingerprint density at radius 1 is 1.31 bits per heavy atom. The van der Waals surface area contributed by atoms with Crippen LogP contribution in [0.15, 0.2) is 28.0 Å². The van der Waals surface area contributed by atoms with Gasteiger partial charge in [-0.05, 0) is 12.1 Å². The molecule has 1 rings (SSSR count). The molecule has 70 valence electrons. The molecule has 0 aliphatic rings. The van der Waals surface area contributed by atoms with Gasteiger partial charge in [0.15, 0.2) is 5.78 Å². The second-order valence-electron chi connectivity index (χ2n) is 2.53. The van der Waals surface area contributed by atoms with Gasteiger partial charge in [0.2, 0.25) is 0 Å². The van der Waals surface area contributed by atoms with Gasteiger partial charge in [0.25, 0.3) is 0 Å². The Hall–Kier alpha value is -0.120. The first kappa shape index (κ1) is 11.0. The molecule has 0 saturated carbocycles. The van der Waals surface area contributed by atoms with Gasteiger partial charge in [0, 0.05) is 27.7 Å². The molecule has 0 heterocycles. The highest BCUT2D eigenvalue weighted by Crippen LogP contribution is 2.22. The molecule has 1 nitrogen and oxygen atoms in total. The van der Waals surface area contributed by atoms with Crippen molar-refractivity contribution in [3.63, 3.8) is 0 Å². The minimum absolute atomic E-state index is 0.00870. The van der Waals surface area contributed by atoms with E-state index in [2.05, 4.69) is 25.3 Å². The number of halogens is 1. The van der Waals surface area contributed by atoms with E-state index >= 15 is 0 Å². The molecule has 0 amide bonds. The third-order valence-electron chi connectivity index (χ3n) is 1.62. The van der Waals surface area contributed by atoms with Crippen LogP contribution in [0.4, 0.5) is 0 Å². The predicted molar refractivity (Wildman–Crippen MR) is 60.6 cm³/mol. The first-order chi connectivity index (χ1) is 6.16. The first-order valence-corrected chi connectivity index (χ1v) is 5.20. The highest BCUT2D eigenvalue weighted by atomic mass is 35.5. The molecule has 0 aliphatic heterocycles. The van der Waals surface area contributed by atoms with Crippen molar-refractivity contribution in [3.05, 3.63) is 23.8 Å². The molecule has 1 aromatic rings. The molecular formula is C9H9ClOS2. The number of benzene rings is 1. The van der Waals surface area contributed by atoms with Crippen molar-refractivity contribution < 1.29 is 4.79 Å². The fourth-order valence-electron chi connectivity index (χ4n) is 1.02. The molecule has 0 fully saturated rings. The average Bonchev–Trinajstić information content (AvgIpc) is 2.04. The van der Waals surface area contributed by atoms with Crippen molar-refractivity contribution in [3.8, 4) is 0 Å². The maximum Gasteiger partial charge on any atom is 0.166 e. The minimum Gasteiger partial charge on any atom is -0.294 e. The monoisotopic (exact) mass is 232 g/mol. The first-order valence-electron chi connectivity index (χ1n) is 3.77. The topological polar surface area (TPSA) is 17.1 Å². The maximum absolute atomic E-state index is 11.5. The Balaban J connectivity index is 3.05. The lowest BCUT2D eigenvalue weighted by Crippen LogP contribution is -2.02. The third kappa shape index (κ3) is 2.66. The number of thiol groups is 2. The van der Waals surface area contributed by atoms with E-state index < -0.39 is 0 Å². The lowest BCUT2D eigenvalue weighted by atomic mass is 10.1. The van der Waals surface area contributed by atoms with Crippen molar-refractivity contribution in [1.29, 1.82) is 0 Å². The molecule has 0 unspecified atom stereocenters. The third-order valence-corrected chi connectivity index (χ3v) is 2.56. The van der Waals surface area contributed by atoms with Crippen LogP contribution in [-0.2, 0) is 0 Å². The van der Waals surface area contributed by atoms with Gasteiger partial charge in [-0.25, -0.2) is 0 Å². The van der Waals surface area contributed by atoms with Crippen LogP contribution < -0.4 is 0 Å². The van der Waals surface area contributed by atoms with Crippen molar-refractivity contribution in [2.75, 3.05) is 5.88 Å². The molecule has 13 heavy (non-hydrogen) atoms. The summed E-state index contributed by atoms with van der Waals surface area (Å²) < 4.78 is 0. The molecule has 0 N–H and O–H groups in total. The molecule has 0 aromatic heterocycles. The zero-order valence-electron chi connectivity index (χ0n) is 6.83. The SMILES string of the molecule is O=C(CCCl)c1c(S)cccc1S. The summed E-state index contributed by atoms with van der Waals surface area (Å²) >= 11 is 13.9. The number of ketones is 1. The van der Waals surface area contributed by atoms with Gasteiger partial charge < -0.3 is 0 Å². The van der Waals surface area contributed by atoms with Crippen LogP contribution in [0.1, 0.15) is 16.8 Å². The molecule has 1 aromatic carbocycles. The van der Waals surface area contributed by atoms with Gasteiger partial charge in [-0.15, -0.1) is 36.9 Å². The Morgan fingerprint density at radius 2 is 1.85 bits per heavy atom. The van der Waals surface area contributed by atoms with Crippen LogP contribution in [-0.4, -0.2) is 11.7 Å². The molecule has 0 spiro atoms. The molecule has 0 aliphatic carbocycles. The van der Waals surface area contributed by atoms with Crippen LogP contribution in [0.2, 0.25) is 0 Å². The van der Waals surface area contributed by atoms with E-state index in [0.717, 1.165) is 0 Å². The second kappa shape index (κ2) is 4.94. The predicted octanol–water partition coefficient (Wildman–Crippen LogP) is 3.08. The number of alkyl halides is 1. The van der Waals surface area contributed by atoms with E-state index in [9.17, 15) is 4.79 Å². The summed E-state index contributed by atoms with van der Waals surface area (Å²) in [4.78, 5) is 12.8. The summed E-state index contributed by atoms with van der Waals surface area (Å²) in [5.74, 6) is 0.319. The summed E-state index contributed by atoms with van der Waals surface area (Å²) in [5, 5.41) is 0. The number of rotatable bonds is 3. The van der Waals surface area contributed by atoms with Crippen LogP contribution >= 0.6 is 36.9 Å². The van der Waals surface area contributed by atoms with Crippen LogP contribution in [0.3, 0.4) is 0 Å². The van der Waals surface area contributed by atoms with Gasteiger partial charge in [-0.3, -0.25) is 4.79 Å². The van der Waals surface area contributed by atoms with Gasteiger partial charge in [-0.2, -0.15) is 0 Å². The normalized spacial score (nSPS) is 10.1. The van der Waals surface area contributed by atoms with Gasteiger partial charge in [-0.1, -0.05) is 6.07 Å².